The van der Waals surface area contributed by atoms with Crippen LogP contribution in [0.3, 0.4) is 0 Å². The summed E-state index contributed by atoms with van der Waals surface area (Å²) in [5, 5.41) is 21.1. The fraction of sp³-hybridized carbons (Fsp3) is 0.500. The first-order valence-electron chi connectivity index (χ1n) is 8.35. The number of halogens is 1. The smallest absolute Gasteiger partial charge is 0.341 e. The molecule has 1 saturated carbocycles. The highest BCUT2D eigenvalue weighted by atomic mass is 79.9. The Morgan fingerprint density at radius 3 is 2.41 bits per heavy atom. The Morgan fingerprint density at radius 2 is 1.85 bits per heavy atom. The van der Waals surface area contributed by atoms with Crippen molar-refractivity contribution < 1.29 is 38.8 Å². The second-order valence-corrected chi connectivity index (χ2v) is 7.18. The molecule has 0 radical (unpaired) electrons. The average molecular weight is 445 g/mol. The third-order valence-corrected chi connectivity index (χ3v) is 5.20. The largest absolute Gasteiger partial charge is 0.464 e. The normalized spacial score (nSPS) is 30.3. The van der Waals surface area contributed by atoms with Gasteiger partial charge in [-0.3, -0.25) is 4.79 Å². The van der Waals surface area contributed by atoms with Gasteiger partial charge in [0.15, 0.2) is 11.7 Å². The highest BCUT2D eigenvalue weighted by Gasteiger charge is 2.59. The summed E-state index contributed by atoms with van der Waals surface area (Å²) in [6.45, 7) is 2.69. The minimum Gasteiger partial charge on any atom is -0.464 e. The second kappa shape index (κ2) is 8.81. The molecule has 148 valence electrons. The molecule has 1 aromatic rings. The van der Waals surface area contributed by atoms with Crippen LogP contribution in [-0.2, 0) is 23.8 Å². The van der Waals surface area contributed by atoms with Crippen LogP contribution in [0.5, 0.6) is 0 Å². The van der Waals surface area contributed by atoms with Crippen LogP contribution in [0.1, 0.15) is 30.6 Å². The zero-order chi connectivity index (χ0) is 20.2. The molecule has 0 bridgehead atoms. The highest BCUT2D eigenvalue weighted by Crippen LogP contribution is 2.38. The monoisotopic (exact) mass is 444 g/mol. The number of aliphatic hydroxyl groups excluding tert-OH is 1. The zero-order valence-electron chi connectivity index (χ0n) is 14.8. The average Bonchev–Trinajstić information content (AvgIpc) is 2.63. The van der Waals surface area contributed by atoms with Crippen molar-refractivity contribution in [2.75, 3.05) is 6.61 Å². The van der Waals surface area contributed by atoms with Gasteiger partial charge in [0.2, 0.25) is 0 Å². The number of alkyl halides is 1. The van der Waals surface area contributed by atoms with Gasteiger partial charge in [-0.25, -0.2) is 9.59 Å². The van der Waals surface area contributed by atoms with Crippen molar-refractivity contribution in [1.82, 2.24) is 0 Å². The molecule has 9 heteroatoms. The SMILES string of the molecule is CCOC(=O)[C@@]1(O)C[C@@H](OC(C)=O)[C@H](OC(=O)c2ccccc2)[C@@H](Br)[C@@H]1O. The van der Waals surface area contributed by atoms with Crippen molar-refractivity contribution in [1.29, 1.82) is 0 Å². The van der Waals surface area contributed by atoms with Gasteiger partial charge >= 0.3 is 17.9 Å². The van der Waals surface area contributed by atoms with Crippen LogP contribution in [0.4, 0.5) is 0 Å². The number of carbonyl (C=O) groups is 3. The molecular formula is C18H21BrO8. The maximum Gasteiger partial charge on any atom is 0.341 e. The molecule has 1 aliphatic carbocycles. The van der Waals surface area contributed by atoms with Crippen molar-refractivity contribution in [2.24, 2.45) is 0 Å². The van der Waals surface area contributed by atoms with Crippen LogP contribution < -0.4 is 0 Å². The highest BCUT2D eigenvalue weighted by molar-refractivity contribution is 9.09. The second-order valence-electron chi connectivity index (χ2n) is 6.12. The lowest BCUT2D eigenvalue weighted by atomic mass is 9.78. The fourth-order valence-electron chi connectivity index (χ4n) is 2.88. The number of aliphatic hydroxyl groups is 2. The minimum atomic E-state index is -2.32. The van der Waals surface area contributed by atoms with Crippen LogP contribution in [-0.4, -0.2) is 63.5 Å². The lowest BCUT2D eigenvalue weighted by Gasteiger charge is -2.44. The van der Waals surface area contributed by atoms with Crippen LogP contribution >= 0.6 is 15.9 Å². The molecule has 0 aromatic heterocycles. The lowest BCUT2D eigenvalue weighted by Crippen LogP contribution is -2.65. The maximum absolute atomic E-state index is 12.4. The van der Waals surface area contributed by atoms with Crippen molar-refractivity contribution in [3.63, 3.8) is 0 Å². The Kier molecular flexibility index (Phi) is 6.96. The van der Waals surface area contributed by atoms with Gasteiger partial charge in [0.05, 0.1) is 17.0 Å². The summed E-state index contributed by atoms with van der Waals surface area (Å²) in [4.78, 5) is 34.9. The van der Waals surface area contributed by atoms with Crippen LogP contribution in [0.2, 0.25) is 0 Å². The number of hydrogen-bond acceptors (Lipinski definition) is 8. The predicted octanol–water partition coefficient (Wildman–Crippen LogP) is 0.966. The van der Waals surface area contributed by atoms with E-state index in [2.05, 4.69) is 15.9 Å². The van der Waals surface area contributed by atoms with E-state index in [0.29, 0.717) is 0 Å². The van der Waals surface area contributed by atoms with Gasteiger partial charge in [-0.15, -0.1) is 0 Å². The quantitative estimate of drug-likeness (QED) is 0.391. The summed E-state index contributed by atoms with van der Waals surface area (Å²) in [5.74, 6) is -2.44. The molecular weight excluding hydrogens is 424 g/mol. The molecule has 0 heterocycles. The van der Waals surface area contributed by atoms with E-state index < -0.39 is 53.1 Å². The van der Waals surface area contributed by atoms with Gasteiger partial charge in [-0.05, 0) is 19.1 Å². The third-order valence-electron chi connectivity index (χ3n) is 4.18. The summed E-state index contributed by atoms with van der Waals surface area (Å²) >= 11 is 3.16. The zero-order valence-corrected chi connectivity index (χ0v) is 16.4. The van der Waals surface area contributed by atoms with E-state index in [0.717, 1.165) is 6.92 Å². The molecule has 27 heavy (non-hydrogen) atoms. The van der Waals surface area contributed by atoms with Gasteiger partial charge in [0.25, 0.3) is 0 Å². The van der Waals surface area contributed by atoms with E-state index in [1.807, 2.05) is 0 Å². The Morgan fingerprint density at radius 1 is 1.22 bits per heavy atom. The summed E-state index contributed by atoms with van der Waals surface area (Å²) < 4.78 is 15.4. The predicted molar refractivity (Wildman–Crippen MR) is 96.1 cm³/mol. The van der Waals surface area contributed by atoms with Crippen LogP contribution in [0.15, 0.2) is 30.3 Å². The van der Waals surface area contributed by atoms with Gasteiger partial charge in [-0.2, -0.15) is 0 Å². The number of hydrogen-bond donors (Lipinski definition) is 2. The van der Waals surface area contributed by atoms with Crippen molar-refractivity contribution in [2.45, 2.75) is 49.0 Å². The molecule has 0 aliphatic heterocycles. The Balaban J connectivity index is 2.29. The number of carbonyl (C=O) groups excluding carboxylic acids is 3. The minimum absolute atomic E-state index is 0.00846. The topological polar surface area (TPSA) is 119 Å². The van der Waals surface area contributed by atoms with Crippen LogP contribution in [0.25, 0.3) is 0 Å². The van der Waals surface area contributed by atoms with E-state index in [4.69, 9.17) is 14.2 Å². The standard InChI is InChI=1S/C18H21BrO8/c1-3-25-17(23)18(24)9-12(26-10(2)20)14(13(19)15(18)21)27-16(22)11-7-5-4-6-8-11/h4-8,12-15,21,24H,3,9H2,1-2H3/t12-,13-,14+,15+,18-/m1/s1. The Bertz CT molecular complexity index is 694. The molecule has 1 fully saturated rings. The number of rotatable bonds is 5. The van der Waals surface area contributed by atoms with E-state index >= 15 is 0 Å². The molecule has 0 unspecified atom stereocenters. The number of ether oxygens (including phenoxy) is 3. The van der Waals surface area contributed by atoms with E-state index in [1.165, 1.54) is 0 Å². The van der Waals surface area contributed by atoms with Crippen molar-refractivity contribution >= 4 is 33.8 Å². The van der Waals surface area contributed by atoms with Crippen molar-refractivity contribution in [3.05, 3.63) is 35.9 Å². The molecule has 8 nitrogen and oxygen atoms in total. The molecule has 2 rings (SSSR count). The fourth-order valence-corrected chi connectivity index (χ4v) is 3.77. The maximum atomic E-state index is 12.4. The summed E-state index contributed by atoms with van der Waals surface area (Å²) in [6, 6.07) is 8.12. The molecule has 0 spiro atoms. The van der Waals surface area contributed by atoms with E-state index in [-0.39, 0.29) is 12.2 Å². The van der Waals surface area contributed by atoms with E-state index in [1.54, 1.807) is 37.3 Å². The lowest BCUT2D eigenvalue weighted by molar-refractivity contribution is -0.205. The Hall–Kier alpha value is -1.97. The molecule has 5 atom stereocenters. The number of esters is 3. The van der Waals surface area contributed by atoms with Gasteiger partial charge in [-0.1, -0.05) is 34.1 Å². The summed E-state index contributed by atoms with van der Waals surface area (Å²) in [7, 11) is 0. The number of benzene rings is 1. The molecule has 2 N–H and O–H groups in total. The van der Waals surface area contributed by atoms with Crippen molar-refractivity contribution in [3.8, 4) is 0 Å². The summed E-state index contributed by atoms with van der Waals surface area (Å²) in [5.41, 5.74) is -2.06. The van der Waals surface area contributed by atoms with Gasteiger partial charge < -0.3 is 24.4 Å². The molecule has 1 aromatic carbocycles. The first-order chi connectivity index (χ1) is 12.7. The van der Waals surface area contributed by atoms with Crippen LogP contribution in [0, 0.1) is 0 Å². The Labute approximate surface area is 164 Å². The van der Waals surface area contributed by atoms with Gasteiger partial charge in [0.1, 0.15) is 12.2 Å². The first-order valence-corrected chi connectivity index (χ1v) is 9.27. The van der Waals surface area contributed by atoms with E-state index in [9.17, 15) is 24.6 Å². The van der Waals surface area contributed by atoms with Gasteiger partial charge in [0, 0.05) is 13.3 Å². The molecule has 0 amide bonds. The molecule has 1 aliphatic rings. The third kappa shape index (κ3) is 4.66. The summed E-state index contributed by atoms with van der Waals surface area (Å²) in [6.07, 6.45) is -4.44. The molecule has 0 saturated heterocycles. The first kappa shape index (κ1) is 21.3.